The normalized spacial score (nSPS) is 12.1. The Morgan fingerprint density at radius 3 is 1.64 bits per heavy atom. The number of rotatable bonds is 2. The van der Waals surface area contributed by atoms with Crippen LogP contribution < -0.4 is 0 Å². The molecule has 2 aromatic heterocycles. The number of thiophene rings is 1. The lowest BCUT2D eigenvalue weighted by atomic mass is 9.85. The van der Waals surface area contributed by atoms with Gasteiger partial charge in [-0.2, -0.15) is 0 Å². The summed E-state index contributed by atoms with van der Waals surface area (Å²) in [6, 6.07) is 53.1. The summed E-state index contributed by atoms with van der Waals surface area (Å²) < 4.78 is 8.86. The van der Waals surface area contributed by atoms with Crippen LogP contribution in [-0.4, -0.2) is 0 Å². The van der Waals surface area contributed by atoms with Gasteiger partial charge in [-0.1, -0.05) is 121 Å². The van der Waals surface area contributed by atoms with Crippen molar-refractivity contribution in [2.24, 2.45) is 0 Å². The average Bonchev–Trinajstić information content (AvgIpc) is 3.65. The number of benzene rings is 8. The van der Waals surface area contributed by atoms with E-state index < -0.39 is 0 Å². The predicted molar refractivity (Wildman–Crippen MR) is 190 cm³/mol. The molecular weight excluding hydrogens is 553 g/mol. The molecule has 0 saturated carbocycles. The summed E-state index contributed by atoms with van der Waals surface area (Å²) in [6.07, 6.45) is 0. The van der Waals surface area contributed by atoms with Crippen LogP contribution in [0.25, 0.3) is 96.7 Å². The van der Waals surface area contributed by atoms with E-state index in [9.17, 15) is 0 Å². The predicted octanol–water partition coefficient (Wildman–Crippen LogP) is 12.7. The first kappa shape index (κ1) is 24.0. The molecule has 1 nitrogen and oxygen atoms in total. The number of para-hydroxylation sites is 1. The van der Waals surface area contributed by atoms with Gasteiger partial charge in [0.05, 0.1) is 0 Å². The number of hydrogen-bond acceptors (Lipinski definition) is 2. The number of furan rings is 1. The largest absolute Gasteiger partial charge is 0.456 e. The van der Waals surface area contributed by atoms with E-state index in [1.807, 2.05) is 23.5 Å². The topological polar surface area (TPSA) is 13.1 Å². The highest BCUT2D eigenvalue weighted by molar-refractivity contribution is 7.26. The summed E-state index contributed by atoms with van der Waals surface area (Å²) in [5, 5.41) is 12.6. The summed E-state index contributed by atoms with van der Waals surface area (Å²) in [5.41, 5.74) is 6.86. The van der Waals surface area contributed by atoms with Crippen molar-refractivity contribution in [2.75, 3.05) is 0 Å². The minimum Gasteiger partial charge on any atom is -0.456 e. The standard InChI is InChI=1S/C42H24OS/c1-2-10-28-25(9-1)17-21-35-30-20-18-27(24-39(30)44-42(28)35)41-33-14-5-3-12-31(33)40(32-13-4-6-15-34(32)41)26-19-22-38-36(23-26)29-11-7-8-16-37(29)43-38/h1-24H. The smallest absolute Gasteiger partial charge is 0.135 e. The molecule has 0 spiro atoms. The fourth-order valence-electron chi connectivity index (χ4n) is 7.29. The third-order valence-corrected chi connectivity index (χ3v) is 10.5. The zero-order valence-corrected chi connectivity index (χ0v) is 24.5. The van der Waals surface area contributed by atoms with Crippen LogP contribution in [0.1, 0.15) is 0 Å². The van der Waals surface area contributed by atoms with Gasteiger partial charge in [0, 0.05) is 30.9 Å². The molecule has 0 aliphatic rings. The van der Waals surface area contributed by atoms with Gasteiger partial charge in [-0.05, 0) is 78.8 Å². The summed E-state index contributed by atoms with van der Waals surface area (Å²) in [5.74, 6) is 0. The maximum Gasteiger partial charge on any atom is 0.135 e. The Morgan fingerprint density at radius 1 is 0.364 bits per heavy atom. The van der Waals surface area contributed by atoms with Crippen molar-refractivity contribution in [3.8, 4) is 22.3 Å². The van der Waals surface area contributed by atoms with Crippen molar-refractivity contribution in [1.29, 1.82) is 0 Å². The quantitative estimate of drug-likeness (QED) is 0.187. The molecule has 0 amide bonds. The van der Waals surface area contributed by atoms with E-state index in [2.05, 4.69) is 133 Å². The fraction of sp³-hybridized carbons (Fsp3) is 0. The van der Waals surface area contributed by atoms with Crippen LogP contribution in [0, 0.1) is 0 Å². The first-order valence-electron chi connectivity index (χ1n) is 15.0. The van der Waals surface area contributed by atoms with Crippen LogP contribution >= 0.6 is 11.3 Å². The maximum atomic E-state index is 6.18. The average molecular weight is 577 g/mol. The molecule has 0 fully saturated rings. The minimum atomic E-state index is 0.921. The van der Waals surface area contributed by atoms with Crippen molar-refractivity contribution < 1.29 is 4.42 Å². The molecule has 10 rings (SSSR count). The van der Waals surface area contributed by atoms with Gasteiger partial charge in [0.2, 0.25) is 0 Å². The van der Waals surface area contributed by atoms with Gasteiger partial charge in [0.15, 0.2) is 0 Å². The fourth-order valence-corrected chi connectivity index (χ4v) is 8.57. The van der Waals surface area contributed by atoms with Crippen molar-refractivity contribution in [3.05, 3.63) is 146 Å². The molecule has 0 radical (unpaired) electrons. The van der Waals surface area contributed by atoms with Crippen LogP contribution in [0.5, 0.6) is 0 Å². The molecule has 2 heteroatoms. The summed E-state index contributed by atoms with van der Waals surface area (Å²) in [6.45, 7) is 0. The van der Waals surface area contributed by atoms with Gasteiger partial charge in [0.25, 0.3) is 0 Å². The monoisotopic (exact) mass is 576 g/mol. The Labute approximate surface area is 257 Å². The van der Waals surface area contributed by atoms with E-state index in [1.165, 1.54) is 74.7 Å². The Hall–Kier alpha value is -5.44. The third kappa shape index (κ3) is 3.35. The highest BCUT2D eigenvalue weighted by Crippen LogP contribution is 2.46. The van der Waals surface area contributed by atoms with Crippen LogP contribution in [0.3, 0.4) is 0 Å². The highest BCUT2D eigenvalue weighted by atomic mass is 32.1. The molecule has 10 aromatic rings. The van der Waals surface area contributed by atoms with Crippen LogP contribution in [-0.2, 0) is 0 Å². The molecule has 204 valence electrons. The molecular formula is C42H24OS. The second kappa shape index (κ2) is 9.03. The molecule has 2 heterocycles. The number of fused-ring (bicyclic) bond motifs is 10. The van der Waals surface area contributed by atoms with Crippen molar-refractivity contribution in [2.45, 2.75) is 0 Å². The van der Waals surface area contributed by atoms with Gasteiger partial charge in [-0.25, -0.2) is 0 Å². The first-order valence-corrected chi connectivity index (χ1v) is 15.8. The lowest BCUT2D eigenvalue weighted by Crippen LogP contribution is -1.90. The molecule has 0 unspecified atom stereocenters. The van der Waals surface area contributed by atoms with Gasteiger partial charge in [0.1, 0.15) is 11.2 Å². The second-order valence-corrected chi connectivity index (χ2v) is 12.7. The van der Waals surface area contributed by atoms with E-state index >= 15 is 0 Å². The van der Waals surface area contributed by atoms with Gasteiger partial charge >= 0.3 is 0 Å². The van der Waals surface area contributed by atoms with Crippen LogP contribution in [0.2, 0.25) is 0 Å². The summed E-state index contributed by atoms with van der Waals surface area (Å²) in [4.78, 5) is 0. The van der Waals surface area contributed by atoms with E-state index in [1.54, 1.807) is 0 Å². The van der Waals surface area contributed by atoms with Crippen LogP contribution in [0.15, 0.2) is 150 Å². The van der Waals surface area contributed by atoms with E-state index in [0.717, 1.165) is 21.9 Å². The lowest BCUT2D eigenvalue weighted by molar-refractivity contribution is 0.669. The Bertz CT molecular complexity index is 2720. The molecule has 0 aliphatic heterocycles. The van der Waals surface area contributed by atoms with E-state index in [0.29, 0.717) is 0 Å². The summed E-state index contributed by atoms with van der Waals surface area (Å²) >= 11 is 1.90. The zero-order chi connectivity index (χ0) is 28.8. The lowest BCUT2D eigenvalue weighted by Gasteiger charge is -2.18. The van der Waals surface area contributed by atoms with Crippen LogP contribution in [0.4, 0.5) is 0 Å². The SMILES string of the molecule is c1ccc2c(c1)ccc1c3ccc(-c4c5ccccc5c(-c5ccc6oc7ccccc7c6c5)c5ccccc45)cc3sc21. The summed E-state index contributed by atoms with van der Waals surface area (Å²) in [7, 11) is 0. The Kier molecular flexibility index (Phi) is 4.94. The molecule has 0 saturated heterocycles. The molecule has 8 aromatic carbocycles. The Morgan fingerprint density at radius 2 is 0.909 bits per heavy atom. The molecule has 0 aliphatic carbocycles. The maximum absolute atomic E-state index is 6.18. The van der Waals surface area contributed by atoms with Crippen molar-refractivity contribution in [1.82, 2.24) is 0 Å². The zero-order valence-electron chi connectivity index (χ0n) is 23.7. The number of hydrogen-bond donors (Lipinski definition) is 0. The molecule has 44 heavy (non-hydrogen) atoms. The van der Waals surface area contributed by atoms with E-state index in [-0.39, 0.29) is 0 Å². The Balaban J connectivity index is 1.26. The molecule has 0 N–H and O–H groups in total. The minimum absolute atomic E-state index is 0.921. The second-order valence-electron chi connectivity index (χ2n) is 11.6. The van der Waals surface area contributed by atoms with E-state index in [4.69, 9.17) is 4.42 Å². The highest BCUT2D eigenvalue weighted by Gasteiger charge is 2.18. The van der Waals surface area contributed by atoms with Gasteiger partial charge in [-0.15, -0.1) is 11.3 Å². The molecule has 0 atom stereocenters. The van der Waals surface area contributed by atoms with Crippen molar-refractivity contribution in [3.63, 3.8) is 0 Å². The third-order valence-electron chi connectivity index (χ3n) is 9.25. The van der Waals surface area contributed by atoms with Gasteiger partial charge < -0.3 is 4.42 Å². The van der Waals surface area contributed by atoms with Gasteiger partial charge in [-0.3, -0.25) is 0 Å². The molecule has 0 bridgehead atoms. The first-order chi connectivity index (χ1) is 21.8. The van der Waals surface area contributed by atoms with Crippen molar-refractivity contribution >= 4 is 85.8 Å².